The third-order valence-corrected chi connectivity index (χ3v) is 3.84. The number of piperidine rings is 1. The van der Waals surface area contributed by atoms with Crippen LogP contribution in [0.15, 0.2) is 24.3 Å². The normalized spacial score (nSPS) is 20.5. The fourth-order valence-corrected chi connectivity index (χ4v) is 2.52. The standard InChI is InChI=1S/C15H21N3O2/c1-10-4-6-11(7-5-10)13(16)15(20)18-8-2-3-12(9-18)14(17)19/h4-7,12-13H,2-3,8-9,16H2,1H3,(H2,17,19). The quantitative estimate of drug-likeness (QED) is 0.851. The van der Waals surface area contributed by atoms with E-state index in [2.05, 4.69) is 0 Å². The smallest absolute Gasteiger partial charge is 0.244 e. The zero-order valence-corrected chi connectivity index (χ0v) is 11.7. The maximum Gasteiger partial charge on any atom is 0.244 e. The van der Waals surface area contributed by atoms with E-state index in [0.29, 0.717) is 13.1 Å². The summed E-state index contributed by atoms with van der Waals surface area (Å²) >= 11 is 0. The van der Waals surface area contributed by atoms with Crippen molar-refractivity contribution in [1.29, 1.82) is 0 Å². The lowest BCUT2D eigenvalue weighted by atomic mass is 9.96. The first-order chi connectivity index (χ1) is 9.49. The second-order valence-corrected chi connectivity index (χ2v) is 5.41. The number of hydrogen-bond donors (Lipinski definition) is 2. The molecule has 5 heteroatoms. The maximum atomic E-state index is 12.4. The fraction of sp³-hybridized carbons (Fsp3) is 0.467. The minimum atomic E-state index is -0.678. The zero-order chi connectivity index (χ0) is 14.7. The molecule has 0 saturated carbocycles. The summed E-state index contributed by atoms with van der Waals surface area (Å²) in [6, 6.07) is 6.93. The Bertz CT molecular complexity index is 498. The average Bonchev–Trinajstić information content (AvgIpc) is 2.46. The van der Waals surface area contributed by atoms with Crippen molar-refractivity contribution in [3.8, 4) is 0 Å². The van der Waals surface area contributed by atoms with E-state index in [9.17, 15) is 9.59 Å². The number of hydrogen-bond acceptors (Lipinski definition) is 3. The third-order valence-electron chi connectivity index (χ3n) is 3.84. The van der Waals surface area contributed by atoms with Crippen LogP contribution in [-0.4, -0.2) is 29.8 Å². The predicted octanol–water partition coefficient (Wildman–Crippen LogP) is 0.719. The number of rotatable bonds is 3. The Morgan fingerprint density at radius 1 is 1.30 bits per heavy atom. The monoisotopic (exact) mass is 275 g/mol. The molecular weight excluding hydrogens is 254 g/mol. The number of nitrogens with zero attached hydrogens (tertiary/aromatic N) is 1. The molecule has 0 radical (unpaired) electrons. The van der Waals surface area contributed by atoms with E-state index in [1.165, 1.54) is 0 Å². The van der Waals surface area contributed by atoms with Gasteiger partial charge in [-0.15, -0.1) is 0 Å². The zero-order valence-electron chi connectivity index (χ0n) is 11.7. The van der Waals surface area contributed by atoms with Gasteiger partial charge in [-0.1, -0.05) is 29.8 Å². The van der Waals surface area contributed by atoms with E-state index in [0.717, 1.165) is 24.0 Å². The summed E-state index contributed by atoms with van der Waals surface area (Å²) in [4.78, 5) is 25.3. The third kappa shape index (κ3) is 3.17. The molecule has 20 heavy (non-hydrogen) atoms. The van der Waals surface area contributed by atoms with Gasteiger partial charge in [-0.3, -0.25) is 9.59 Å². The van der Waals surface area contributed by atoms with Crippen molar-refractivity contribution in [2.75, 3.05) is 13.1 Å². The molecule has 1 heterocycles. The van der Waals surface area contributed by atoms with Crippen LogP contribution < -0.4 is 11.5 Å². The van der Waals surface area contributed by atoms with Crippen molar-refractivity contribution in [1.82, 2.24) is 4.90 Å². The van der Waals surface area contributed by atoms with Crippen LogP contribution in [0.5, 0.6) is 0 Å². The topological polar surface area (TPSA) is 89.4 Å². The number of nitrogens with two attached hydrogens (primary N) is 2. The summed E-state index contributed by atoms with van der Waals surface area (Å²) in [7, 11) is 0. The Hall–Kier alpha value is -1.88. The minimum Gasteiger partial charge on any atom is -0.369 e. The van der Waals surface area contributed by atoms with Crippen LogP contribution in [0.2, 0.25) is 0 Å². The molecule has 1 fully saturated rings. The molecule has 1 aromatic rings. The first kappa shape index (κ1) is 14.5. The van der Waals surface area contributed by atoms with Gasteiger partial charge in [0.05, 0.1) is 5.92 Å². The molecule has 5 nitrogen and oxygen atoms in total. The van der Waals surface area contributed by atoms with E-state index < -0.39 is 6.04 Å². The SMILES string of the molecule is Cc1ccc(C(N)C(=O)N2CCCC(C(N)=O)C2)cc1. The first-order valence-electron chi connectivity index (χ1n) is 6.89. The predicted molar refractivity (Wildman–Crippen MR) is 76.6 cm³/mol. The van der Waals surface area contributed by atoms with Crippen LogP contribution in [0.25, 0.3) is 0 Å². The summed E-state index contributed by atoms with van der Waals surface area (Å²) < 4.78 is 0. The van der Waals surface area contributed by atoms with Crippen molar-refractivity contribution < 1.29 is 9.59 Å². The van der Waals surface area contributed by atoms with E-state index >= 15 is 0 Å². The van der Waals surface area contributed by atoms with Gasteiger partial charge in [0.15, 0.2) is 0 Å². The van der Waals surface area contributed by atoms with Crippen molar-refractivity contribution in [3.63, 3.8) is 0 Å². The highest BCUT2D eigenvalue weighted by atomic mass is 16.2. The second kappa shape index (κ2) is 6.05. The highest BCUT2D eigenvalue weighted by molar-refractivity contribution is 5.84. The van der Waals surface area contributed by atoms with Crippen LogP contribution >= 0.6 is 0 Å². The number of likely N-dealkylation sites (tertiary alicyclic amines) is 1. The van der Waals surface area contributed by atoms with E-state index in [4.69, 9.17) is 11.5 Å². The van der Waals surface area contributed by atoms with Gasteiger partial charge in [0, 0.05) is 13.1 Å². The van der Waals surface area contributed by atoms with Gasteiger partial charge in [0.25, 0.3) is 0 Å². The average molecular weight is 275 g/mol. The molecule has 0 bridgehead atoms. The molecule has 1 aliphatic rings. The van der Waals surface area contributed by atoms with Gasteiger partial charge < -0.3 is 16.4 Å². The lowest BCUT2D eigenvalue weighted by molar-refractivity contribution is -0.136. The Morgan fingerprint density at radius 2 is 1.95 bits per heavy atom. The van der Waals surface area contributed by atoms with E-state index in [-0.39, 0.29) is 17.7 Å². The minimum absolute atomic E-state index is 0.139. The molecule has 2 unspecified atom stereocenters. The summed E-state index contributed by atoms with van der Waals surface area (Å²) in [5.74, 6) is -0.732. The van der Waals surface area contributed by atoms with E-state index in [1.54, 1.807) is 4.90 Å². The number of amides is 2. The Labute approximate surface area is 118 Å². The Kier molecular flexibility index (Phi) is 4.39. The van der Waals surface area contributed by atoms with Gasteiger partial charge in [-0.05, 0) is 25.3 Å². The Morgan fingerprint density at radius 3 is 2.55 bits per heavy atom. The van der Waals surface area contributed by atoms with Crippen LogP contribution in [0.3, 0.4) is 0 Å². The molecule has 2 rings (SSSR count). The molecule has 4 N–H and O–H groups in total. The molecule has 0 aliphatic carbocycles. The van der Waals surface area contributed by atoms with Crippen molar-refractivity contribution in [2.45, 2.75) is 25.8 Å². The van der Waals surface area contributed by atoms with Gasteiger partial charge in [0.1, 0.15) is 6.04 Å². The Balaban J connectivity index is 2.06. The second-order valence-electron chi connectivity index (χ2n) is 5.41. The molecule has 1 saturated heterocycles. The molecular formula is C15H21N3O2. The largest absolute Gasteiger partial charge is 0.369 e. The van der Waals surface area contributed by atoms with Crippen LogP contribution in [-0.2, 0) is 9.59 Å². The molecule has 0 aromatic heterocycles. The molecule has 2 atom stereocenters. The highest BCUT2D eigenvalue weighted by Crippen LogP contribution is 2.20. The summed E-state index contributed by atoms with van der Waals surface area (Å²) in [5, 5.41) is 0. The lowest BCUT2D eigenvalue weighted by Gasteiger charge is -2.33. The van der Waals surface area contributed by atoms with Gasteiger partial charge in [-0.2, -0.15) is 0 Å². The number of benzene rings is 1. The van der Waals surface area contributed by atoms with Crippen LogP contribution in [0.1, 0.15) is 30.0 Å². The number of carbonyl (C=O) groups excluding carboxylic acids is 2. The molecule has 108 valence electrons. The highest BCUT2D eigenvalue weighted by Gasteiger charge is 2.29. The van der Waals surface area contributed by atoms with Gasteiger partial charge in [0.2, 0.25) is 11.8 Å². The molecule has 1 aliphatic heterocycles. The molecule has 2 amide bonds. The van der Waals surface area contributed by atoms with Crippen molar-refractivity contribution in [2.24, 2.45) is 17.4 Å². The lowest BCUT2D eigenvalue weighted by Crippen LogP contribution is -2.47. The van der Waals surface area contributed by atoms with Crippen LogP contribution in [0.4, 0.5) is 0 Å². The molecule has 1 aromatic carbocycles. The van der Waals surface area contributed by atoms with Gasteiger partial charge in [-0.25, -0.2) is 0 Å². The number of primary amides is 1. The van der Waals surface area contributed by atoms with Gasteiger partial charge >= 0.3 is 0 Å². The number of aryl methyl sites for hydroxylation is 1. The maximum absolute atomic E-state index is 12.4. The van der Waals surface area contributed by atoms with Crippen molar-refractivity contribution in [3.05, 3.63) is 35.4 Å². The summed E-state index contributed by atoms with van der Waals surface area (Å²) in [6.07, 6.45) is 1.54. The number of carbonyl (C=O) groups is 2. The molecule has 0 spiro atoms. The summed E-state index contributed by atoms with van der Waals surface area (Å²) in [6.45, 7) is 3.01. The first-order valence-corrected chi connectivity index (χ1v) is 6.89. The van der Waals surface area contributed by atoms with Crippen LogP contribution in [0, 0.1) is 12.8 Å². The van der Waals surface area contributed by atoms with Crippen molar-refractivity contribution >= 4 is 11.8 Å². The fourth-order valence-electron chi connectivity index (χ4n) is 2.52. The van der Waals surface area contributed by atoms with E-state index in [1.807, 2.05) is 31.2 Å². The summed E-state index contributed by atoms with van der Waals surface area (Å²) in [5.41, 5.74) is 13.3.